The van der Waals surface area contributed by atoms with E-state index in [0.717, 1.165) is 25.7 Å². The lowest BCUT2D eigenvalue weighted by Crippen LogP contribution is -2.41. The van der Waals surface area contributed by atoms with E-state index in [0.29, 0.717) is 36.6 Å². The molecule has 24 heavy (non-hydrogen) atoms. The van der Waals surface area contributed by atoms with Gasteiger partial charge in [-0.2, -0.15) is 0 Å². The van der Waals surface area contributed by atoms with Crippen LogP contribution in [-0.4, -0.2) is 33.5 Å². The molecule has 6 heteroatoms. The molecule has 0 bridgehead atoms. The molecule has 0 unspecified atom stereocenters. The zero-order valence-corrected chi connectivity index (χ0v) is 14.0. The molecule has 130 valence electrons. The van der Waals surface area contributed by atoms with Crippen LogP contribution < -0.4 is 0 Å². The minimum Gasteiger partial charge on any atom is -0.467 e. The predicted octanol–water partition coefficient (Wildman–Crippen LogP) is 3.34. The van der Waals surface area contributed by atoms with Crippen molar-refractivity contribution >= 4 is 5.91 Å². The van der Waals surface area contributed by atoms with E-state index >= 15 is 0 Å². The highest BCUT2D eigenvalue weighted by Crippen LogP contribution is 2.28. The SMILES string of the molecule is CCc1ocnc1C(=O)N1CCCCC[C@H]1C[C@@H](O)c1ccco1. The summed E-state index contributed by atoms with van der Waals surface area (Å²) in [6.45, 7) is 2.63. The maximum absolute atomic E-state index is 13.0. The van der Waals surface area contributed by atoms with Crippen molar-refractivity contribution in [2.24, 2.45) is 0 Å². The van der Waals surface area contributed by atoms with Gasteiger partial charge in [0.2, 0.25) is 0 Å². The Morgan fingerprint density at radius 1 is 1.42 bits per heavy atom. The first-order valence-electron chi connectivity index (χ1n) is 8.65. The number of aromatic nitrogens is 1. The quantitative estimate of drug-likeness (QED) is 0.908. The summed E-state index contributed by atoms with van der Waals surface area (Å²) in [5, 5.41) is 10.4. The lowest BCUT2D eigenvalue weighted by atomic mass is 10.0. The van der Waals surface area contributed by atoms with Crippen molar-refractivity contribution in [2.45, 2.75) is 57.6 Å². The van der Waals surface area contributed by atoms with Gasteiger partial charge in [-0.15, -0.1) is 0 Å². The van der Waals surface area contributed by atoms with Crippen LogP contribution in [0.2, 0.25) is 0 Å². The van der Waals surface area contributed by atoms with Crippen LogP contribution in [-0.2, 0) is 6.42 Å². The number of carbonyl (C=O) groups excluding carboxylic acids is 1. The van der Waals surface area contributed by atoms with Gasteiger partial charge in [0.25, 0.3) is 5.91 Å². The van der Waals surface area contributed by atoms with Crippen LogP contribution in [0.1, 0.15) is 67.1 Å². The van der Waals surface area contributed by atoms with Crippen molar-refractivity contribution < 1.29 is 18.7 Å². The van der Waals surface area contributed by atoms with Gasteiger partial charge in [0, 0.05) is 25.4 Å². The lowest BCUT2D eigenvalue weighted by molar-refractivity contribution is 0.0551. The Bertz CT molecular complexity index is 650. The molecule has 6 nitrogen and oxygen atoms in total. The van der Waals surface area contributed by atoms with E-state index in [-0.39, 0.29) is 11.9 Å². The molecule has 1 amide bonds. The molecule has 0 aromatic carbocycles. The number of likely N-dealkylation sites (tertiary alicyclic amines) is 1. The van der Waals surface area contributed by atoms with E-state index < -0.39 is 6.10 Å². The van der Waals surface area contributed by atoms with E-state index in [1.54, 1.807) is 18.4 Å². The van der Waals surface area contributed by atoms with E-state index in [1.807, 2.05) is 11.8 Å². The van der Waals surface area contributed by atoms with Crippen molar-refractivity contribution in [3.05, 3.63) is 42.0 Å². The number of hydrogen-bond donors (Lipinski definition) is 1. The second kappa shape index (κ2) is 7.66. The first-order valence-corrected chi connectivity index (χ1v) is 8.65. The highest BCUT2D eigenvalue weighted by atomic mass is 16.4. The summed E-state index contributed by atoms with van der Waals surface area (Å²) in [5.41, 5.74) is 0.400. The van der Waals surface area contributed by atoms with Gasteiger partial charge in [0.1, 0.15) is 17.6 Å². The van der Waals surface area contributed by atoms with Crippen LogP contribution in [0.25, 0.3) is 0 Å². The highest BCUT2D eigenvalue weighted by Gasteiger charge is 2.31. The van der Waals surface area contributed by atoms with Crippen LogP contribution in [0.4, 0.5) is 0 Å². The fourth-order valence-corrected chi connectivity index (χ4v) is 3.38. The van der Waals surface area contributed by atoms with Crippen molar-refractivity contribution in [2.75, 3.05) is 6.54 Å². The van der Waals surface area contributed by atoms with E-state index in [4.69, 9.17) is 8.83 Å². The van der Waals surface area contributed by atoms with Crippen LogP contribution >= 0.6 is 0 Å². The Kier molecular flexibility index (Phi) is 5.35. The maximum atomic E-state index is 13.0. The van der Waals surface area contributed by atoms with Gasteiger partial charge in [-0.05, 0) is 25.0 Å². The molecule has 1 aliphatic rings. The summed E-state index contributed by atoms with van der Waals surface area (Å²) in [5.74, 6) is 1.07. The number of nitrogens with zero attached hydrogens (tertiary/aromatic N) is 2. The Labute approximate surface area is 141 Å². The first kappa shape index (κ1) is 16.8. The van der Waals surface area contributed by atoms with Crippen LogP contribution in [0.15, 0.2) is 33.6 Å². The van der Waals surface area contributed by atoms with E-state index in [2.05, 4.69) is 4.98 Å². The number of aliphatic hydroxyl groups is 1. The fourth-order valence-electron chi connectivity index (χ4n) is 3.38. The van der Waals surface area contributed by atoms with E-state index in [9.17, 15) is 9.90 Å². The number of furan rings is 1. The smallest absolute Gasteiger partial charge is 0.276 e. The summed E-state index contributed by atoms with van der Waals surface area (Å²) >= 11 is 0. The number of carbonyl (C=O) groups is 1. The second-order valence-corrected chi connectivity index (χ2v) is 6.25. The summed E-state index contributed by atoms with van der Waals surface area (Å²) in [7, 11) is 0. The Morgan fingerprint density at radius 3 is 3.04 bits per heavy atom. The topological polar surface area (TPSA) is 79.7 Å². The molecule has 0 saturated carbocycles. The molecule has 1 fully saturated rings. The van der Waals surface area contributed by atoms with Gasteiger partial charge < -0.3 is 18.8 Å². The van der Waals surface area contributed by atoms with Gasteiger partial charge in [-0.3, -0.25) is 4.79 Å². The monoisotopic (exact) mass is 332 g/mol. The summed E-state index contributed by atoms with van der Waals surface area (Å²) in [4.78, 5) is 18.9. The van der Waals surface area contributed by atoms with Gasteiger partial charge in [-0.1, -0.05) is 19.8 Å². The molecule has 0 aliphatic carbocycles. The predicted molar refractivity (Wildman–Crippen MR) is 87.5 cm³/mol. The van der Waals surface area contributed by atoms with Crippen LogP contribution in [0.5, 0.6) is 0 Å². The number of aliphatic hydroxyl groups excluding tert-OH is 1. The molecule has 3 heterocycles. The minimum atomic E-state index is -0.707. The standard InChI is InChI=1S/C18H24N2O4/c1-2-15-17(19-12-24-15)18(22)20-9-5-3-4-7-13(20)11-14(21)16-8-6-10-23-16/h6,8,10,12-14,21H,2-5,7,9,11H2,1H3/t13-,14+/m0/s1. The lowest BCUT2D eigenvalue weighted by Gasteiger charge is -2.30. The second-order valence-electron chi connectivity index (χ2n) is 6.25. The van der Waals surface area contributed by atoms with Crippen molar-refractivity contribution in [3.63, 3.8) is 0 Å². The molecule has 1 aliphatic heterocycles. The largest absolute Gasteiger partial charge is 0.467 e. The third kappa shape index (κ3) is 3.53. The van der Waals surface area contributed by atoms with Crippen LogP contribution in [0.3, 0.4) is 0 Å². The third-order valence-electron chi connectivity index (χ3n) is 4.67. The van der Waals surface area contributed by atoms with Gasteiger partial charge in [0.05, 0.1) is 6.26 Å². The number of hydrogen-bond acceptors (Lipinski definition) is 5. The first-order chi connectivity index (χ1) is 11.7. The van der Waals surface area contributed by atoms with Gasteiger partial charge in [-0.25, -0.2) is 4.98 Å². The number of oxazole rings is 1. The molecular weight excluding hydrogens is 308 g/mol. The van der Waals surface area contributed by atoms with E-state index in [1.165, 1.54) is 6.39 Å². The fraction of sp³-hybridized carbons (Fsp3) is 0.556. The van der Waals surface area contributed by atoms with Crippen LogP contribution in [0, 0.1) is 0 Å². The molecule has 2 aromatic heterocycles. The maximum Gasteiger partial charge on any atom is 0.276 e. The normalized spacial score (nSPS) is 19.9. The van der Waals surface area contributed by atoms with Crippen molar-refractivity contribution in [1.29, 1.82) is 0 Å². The molecule has 2 atom stereocenters. The molecule has 3 rings (SSSR count). The molecule has 1 saturated heterocycles. The number of rotatable bonds is 5. The minimum absolute atomic E-state index is 0.0264. The molecule has 2 aromatic rings. The average Bonchev–Trinajstić information content (AvgIpc) is 3.23. The average molecular weight is 332 g/mol. The Hall–Kier alpha value is -2.08. The molecule has 0 spiro atoms. The van der Waals surface area contributed by atoms with Crippen molar-refractivity contribution in [3.8, 4) is 0 Å². The van der Waals surface area contributed by atoms with Gasteiger partial charge >= 0.3 is 0 Å². The zero-order valence-electron chi connectivity index (χ0n) is 14.0. The molecular formula is C18H24N2O4. The number of amides is 1. The Balaban J connectivity index is 1.78. The zero-order chi connectivity index (χ0) is 16.9. The third-order valence-corrected chi connectivity index (χ3v) is 4.67. The molecule has 0 radical (unpaired) electrons. The number of aryl methyl sites for hydroxylation is 1. The summed E-state index contributed by atoms with van der Waals surface area (Å²) in [6, 6.07) is 3.50. The highest BCUT2D eigenvalue weighted by molar-refractivity contribution is 5.93. The Morgan fingerprint density at radius 2 is 2.29 bits per heavy atom. The molecule has 1 N–H and O–H groups in total. The summed E-state index contributed by atoms with van der Waals surface area (Å²) < 4.78 is 10.6. The summed E-state index contributed by atoms with van der Waals surface area (Å²) in [6.07, 6.45) is 7.28. The van der Waals surface area contributed by atoms with Crippen molar-refractivity contribution in [1.82, 2.24) is 9.88 Å². The van der Waals surface area contributed by atoms with Gasteiger partial charge in [0.15, 0.2) is 12.1 Å².